The number of nitrogens with one attached hydrogen (secondary N) is 1. The van der Waals surface area contributed by atoms with Crippen LogP contribution >= 0.6 is 11.6 Å². The first-order chi connectivity index (χ1) is 11.5. The number of halogens is 1. The minimum atomic E-state index is -3.62. The summed E-state index contributed by atoms with van der Waals surface area (Å²) < 4.78 is 28.2. The minimum absolute atomic E-state index is 0.244. The van der Waals surface area contributed by atoms with Gasteiger partial charge in [0.05, 0.1) is 4.90 Å². The first-order valence-corrected chi connectivity index (χ1v) is 9.47. The average molecular weight is 361 g/mol. The highest BCUT2D eigenvalue weighted by molar-refractivity contribution is 7.89. The van der Waals surface area contributed by atoms with Crippen molar-refractivity contribution in [1.29, 1.82) is 0 Å². The molecule has 0 spiro atoms. The summed E-state index contributed by atoms with van der Waals surface area (Å²) in [5.74, 6) is 0. The summed E-state index contributed by atoms with van der Waals surface area (Å²) in [6.07, 6.45) is 3.99. The van der Waals surface area contributed by atoms with E-state index < -0.39 is 10.0 Å². The van der Waals surface area contributed by atoms with E-state index in [0.29, 0.717) is 11.4 Å². The first kappa shape index (κ1) is 16.9. The van der Waals surface area contributed by atoms with Crippen molar-refractivity contribution in [3.05, 3.63) is 71.5 Å². The van der Waals surface area contributed by atoms with Crippen LogP contribution in [0.5, 0.6) is 0 Å². The van der Waals surface area contributed by atoms with Crippen molar-refractivity contribution < 1.29 is 8.42 Å². The van der Waals surface area contributed by atoms with Crippen molar-refractivity contribution in [3.63, 3.8) is 0 Å². The Labute approximate surface area is 146 Å². The molecule has 1 unspecified atom stereocenters. The summed E-state index contributed by atoms with van der Waals surface area (Å²) in [4.78, 5) is 4.28. The zero-order valence-corrected chi connectivity index (χ0v) is 14.7. The Bertz CT molecular complexity index is 956. The molecule has 0 saturated carbocycles. The van der Waals surface area contributed by atoms with Crippen LogP contribution in [0.3, 0.4) is 0 Å². The van der Waals surface area contributed by atoms with Crippen LogP contribution in [-0.2, 0) is 10.0 Å². The maximum Gasteiger partial charge on any atom is 0.241 e. The summed E-state index contributed by atoms with van der Waals surface area (Å²) >= 11 is 5.90. The molecule has 2 aromatic carbocycles. The number of aromatic nitrogens is 1. The lowest BCUT2D eigenvalue weighted by atomic mass is 10.1. The van der Waals surface area contributed by atoms with Crippen LogP contribution < -0.4 is 4.72 Å². The molecule has 3 rings (SSSR count). The number of pyridine rings is 1. The van der Waals surface area contributed by atoms with E-state index in [1.54, 1.807) is 48.8 Å². The Morgan fingerprint density at radius 3 is 2.54 bits per heavy atom. The van der Waals surface area contributed by atoms with Crippen molar-refractivity contribution in [2.75, 3.05) is 0 Å². The van der Waals surface area contributed by atoms with E-state index in [0.717, 1.165) is 16.3 Å². The Hall–Kier alpha value is -1.95. The molecule has 0 amide bonds. The average Bonchev–Trinajstić information content (AvgIpc) is 2.60. The van der Waals surface area contributed by atoms with E-state index in [4.69, 9.17) is 11.6 Å². The standard InChI is InChI=1S/C18H17ClN2O2S/c1-2-18(13-3-6-16(19)7-4-13)21-24(22,23)17-8-5-15-12-20-10-9-14(15)11-17/h3-12,18,21H,2H2,1H3. The number of hydrogen-bond donors (Lipinski definition) is 1. The van der Waals surface area contributed by atoms with Crippen LogP contribution in [0.1, 0.15) is 24.9 Å². The summed E-state index contributed by atoms with van der Waals surface area (Å²) in [6.45, 7) is 1.94. The topological polar surface area (TPSA) is 59.1 Å². The second kappa shape index (κ2) is 6.89. The molecule has 24 heavy (non-hydrogen) atoms. The molecular formula is C18H17ClN2O2S. The Balaban J connectivity index is 1.91. The molecule has 0 bridgehead atoms. The van der Waals surface area contributed by atoms with Crippen LogP contribution in [0.2, 0.25) is 5.02 Å². The normalized spacial score (nSPS) is 13.1. The fourth-order valence-corrected chi connectivity index (χ4v) is 4.03. The van der Waals surface area contributed by atoms with E-state index in [-0.39, 0.29) is 10.9 Å². The number of nitrogens with zero attached hydrogens (tertiary/aromatic N) is 1. The molecule has 1 N–H and O–H groups in total. The highest BCUT2D eigenvalue weighted by Crippen LogP contribution is 2.23. The van der Waals surface area contributed by atoms with Crippen LogP contribution in [-0.4, -0.2) is 13.4 Å². The smallest absolute Gasteiger partial charge is 0.241 e. The molecule has 0 aliphatic heterocycles. The maximum absolute atomic E-state index is 12.7. The van der Waals surface area contributed by atoms with Crippen LogP contribution in [0.15, 0.2) is 65.8 Å². The number of rotatable bonds is 5. The third-order valence-electron chi connectivity index (χ3n) is 3.90. The molecule has 0 radical (unpaired) electrons. The molecule has 1 heterocycles. The molecule has 3 aromatic rings. The molecule has 1 aromatic heterocycles. The van der Waals surface area contributed by atoms with Crippen molar-refractivity contribution in [1.82, 2.24) is 9.71 Å². The van der Waals surface area contributed by atoms with Crippen molar-refractivity contribution in [2.24, 2.45) is 0 Å². The van der Waals surface area contributed by atoms with Gasteiger partial charge in [-0.3, -0.25) is 4.98 Å². The van der Waals surface area contributed by atoms with E-state index in [9.17, 15) is 8.42 Å². The van der Waals surface area contributed by atoms with Gasteiger partial charge in [0.25, 0.3) is 0 Å². The Kier molecular flexibility index (Phi) is 4.85. The number of fused-ring (bicyclic) bond motifs is 1. The number of hydrogen-bond acceptors (Lipinski definition) is 3. The first-order valence-electron chi connectivity index (χ1n) is 7.61. The van der Waals surface area contributed by atoms with Gasteiger partial charge >= 0.3 is 0 Å². The van der Waals surface area contributed by atoms with Crippen LogP contribution in [0, 0.1) is 0 Å². The van der Waals surface area contributed by atoms with Crippen LogP contribution in [0.4, 0.5) is 0 Å². The molecule has 0 saturated heterocycles. The Morgan fingerprint density at radius 1 is 1.08 bits per heavy atom. The van der Waals surface area contributed by atoms with Gasteiger partial charge in [0.15, 0.2) is 0 Å². The summed E-state index contributed by atoms with van der Waals surface area (Å²) in [5, 5.41) is 2.37. The zero-order chi connectivity index (χ0) is 17.2. The maximum atomic E-state index is 12.7. The molecule has 0 aliphatic carbocycles. The van der Waals surface area contributed by atoms with Gasteiger partial charge < -0.3 is 0 Å². The predicted octanol–water partition coefficient (Wildman–Crippen LogP) is 4.32. The van der Waals surface area contributed by atoms with Crippen molar-refractivity contribution >= 4 is 32.4 Å². The molecule has 4 nitrogen and oxygen atoms in total. The van der Waals surface area contributed by atoms with E-state index >= 15 is 0 Å². The lowest BCUT2D eigenvalue weighted by Gasteiger charge is -2.18. The third-order valence-corrected chi connectivity index (χ3v) is 5.62. The van der Waals surface area contributed by atoms with Gasteiger partial charge in [-0.25, -0.2) is 13.1 Å². The Morgan fingerprint density at radius 2 is 1.83 bits per heavy atom. The second-order valence-electron chi connectivity index (χ2n) is 5.52. The minimum Gasteiger partial charge on any atom is -0.264 e. The zero-order valence-electron chi connectivity index (χ0n) is 13.1. The van der Waals surface area contributed by atoms with Gasteiger partial charge in [-0.15, -0.1) is 0 Å². The van der Waals surface area contributed by atoms with Crippen molar-refractivity contribution in [3.8, 4) is 0 Å². The molecule has 0 aliphatic rings. The highest BCUT2D eigenvalue weighted by atomic mass is 35.5. The summed E-state index contributed by atoms with van der Waals surface area (Å²) in [7, 11) is -3.62. The SMILES string of the molecule is CCC(NS(=O)(=O)c1ccc2cnccc2c1)c1ccc(Cl)cc1. The second-order valence-corrected chi connectivity index (χ2v) is 7.67. The predicted molar refractivity (Wildman–Crippen MR) is 96.5 cm³/mol. The molecule has 6 heteroatoms. The third kappa shape index (κ3) is 3.59. The fourth-order valence-electron chi connectivity index (χ4n) is 2.57. The van der Waals surface area contributed by atoms with Gasteiger partial charge in [-0.2, -0.15) is 0 Å². The molecular weight excluding hydrogens is 344 g/mol. The quantitative estimate of drug-likeness (QED) is 0.737. The van der Waals surface area contributed by atoms with Gasteiger partial charge in [-0.1, -0.05) is 36.7 Å². The monoisotopic (exact) mass is 360 g/mol. The molecule has 1 atom stereocenters. The lowest BCUT2D eigenvalue weighted by molar-refractivity contribution is 0.550. The lowest BCUT2D eigenvalue weighted by Crippen LogP contribution is -2.28. The fraction of sp³-hybridized carbons (Fsp3) is 0.167. The van der Waals surface area contributed by atoms with Gasteiger partial charge in [0.2, 0.25) is 10.0 Å². The van der Waals surface area contributed by atoms with E-state index in [2.05, 4.69) is 9.71 Å². The summed E-state index contributed by atoms with van der Waals surface area (Å²) in [5.41, 5.74) is 0.885. The van der Waals surface area contributed by atoms with E-state index in [1.807, 2.05) is 19.1 Å². The van der Waals surface area contributed by atoms with Crippen LogP contribution in [0.25, 0.3) is 10.8 Å². The number of benzene rings is 2. The number of sulfonamides is 1. The van der Waals surface area contributed by atoms with E-state index in [1.165, 1.54) is 0 Å². The molecule has 0 fully saturated rings. The summed E-state index contributed by atoms with van der Waals surface area (Å²) in [6, 6.07) is 13.7. The molecule has 124 valence electrons. The largest absolute Gasteiger partial charge is 0.264 e. The van der Waals surface area contributed by atoms with Gasteiger partial charge in [0.1, 0.15) is 0 Å². The van der Waals surface area contributed by atoms with Crippen molar-refractivity contribution in [2.45, 2.75) is 24.3 Å². The van der Waals surface area contributed by atoms with Gasteiger partial charge in [0, 0.05) is 28.8 Å². The van der Waals surface area contributed by atoms with Gasteiger partial charge in [-0.05, 0) is 47.7 Å². The highest BCUT2D eigenvalue weighted by Gasteiger charge is 2.20.